The second-order valence-corrected chi connectivity index (χ2v) is 5.75. The van der Waals surface area contributed by atoms with Crippen LogP contribution in [0.15, 0.2) is 41.8 Å². The van der Waals surface area contributed by atoms with Crippen LogP contribution < -0.4 is 5.32 Å². The minimum absolute atomic E-state index is 0.232. The van der Waals surface area contributed by atoms with Crippen molar-refractivity contribution in [2.24, 2.45) is 0 Å². The number of rotatable bonds is 3. The van der Waals surface area contributed by atoms with Crippen LogP contribution >= 0.6 is 0 Å². The van der Waals surface area contributed by atoms with Crippen LogP contribution in [-0.4, -0.2) is 21.6 Å². The molecule has 1 N–H and O–H groups in total. The maximum absolute atomic E-state index is 11.6. The van der Waals surface area contributed by atoms with Crippen molar-refractivity contribution >= 4 is 16.9 Å². The predicted molar refractivity (Wildman–Crippen MR) is 70.3 cm³/mol. The first-order chi connectivity index (χ1) is 8.57. The maximum atomic E-state index is 11.6. The van der Waals surface area contributed by atoms with E-state index in [0.717, 1.165) is 5.56 Å². The first kappa shape index (κ1) is 12.8. The van der Waals surface area contributed by atoms with Gasteiger partial charge in [0.05, 0.1) is 11.3 Å². The van der Waals surface area contributed by atoms with Crippen molar-refractivity contribution in [1.29, 1.82) is 0 Å². The molecule has 1 aromatic carbocycles. The van der Waals surface area contributed by atoms with Crippen molar-refractivity contribution in [1.82, 2.24) is 5.32 Å². The van der Waals surface area contributed by atoms with Gasteiger partial charge in [0.25, 0.3) is 0 Å². The molecule has 2 atom stereocenters. The topological polar surface area (TPSA) is 55.4 Å². The van der Waals surface area contributed by atoms with Crippen molar-refractivity contribution in [2.75, 3.05) is 5.75 Å². The van der Waals surface area contributed by atoms with Gasteiger partial charge in [-0.2, -0.15) is 0 Å². The van der Waals surface area contributed by atoms with Gasteiger partial charge in [-0.3, -0.25) is 4.21 Å². The maximum Gasteiger partial charge on any atom is 0.408 e. The summed E-state index contributed by atoms with van der Waals surface area (Å²) in [4.78, 5) is 11.6. The minimum atomic E-state index is -0.999. The lowest BCUT2D eigenvalue weighted by Gasteiger charge is -2.22. The molecule has 18 heavy (non-hydrogen) atoms. The lowest BCUT2D eigenvalue weighted by Crippen LogP contribution is -2.46. The summed E-state index contributed by atoms with van der Waals surface area (Å²) < 4.78 is 16.4. The van der Waals surface area contributed by atoms with E-state index in [1.54, 1.807) is 11.5 Å². The van der Waals surface area contributed by atoms with Crippen LogP contribution in [0.3, 0.4) is 0 Å². The highest BCUT2D eigenvalue weighted by molar-refractivity contribution is 7.88. The molecule has 1 amide bonds. The molecule has 0 bridgehead atoms. The largest absolute Gasteiger partial charge is 0.445 e. The van der Waals surface area contributed by atoms with Crippen molar-refractivity contribution in [3.8, 4) is 0 Å². The molecule has 96 valence electrons. The highest BCUT2D eigenvalue weighted by Crippen LogP contribution is 2.16. The van der Waals surface area contributed by atoms with Gasteiger partial charge in [0.15, 0.2) is 0 Å². The summed E-state index contributed by atoms with van der Waals surface area (Å²) in [5, 5.41) is 4.31. The third-order valence-corrected chi connectivity index (χ3v) is 3.95. The SMILES string of the molecule is C[C@]1(NC(=O)OCc2ccccc2)C=C[S@@](=O)C1. The molecule has 4 nitrogen and oxygen atoms in total. The quantitative estimate of drug-likeness (QED) is 0.908. The smallest absolute Gasteiger partial charge is 0.408 e. The predicted octanol–water partition coefficient (Wildman–Crippen LogP) is 1.95. The zero-order valence-electron chi connectivity index (χ0n) is 10.1. The normalized spacial score (nSPS) is 25.9. The van der Waals surface area contributed by atoms with E-state index in [9.17, 15) is 9.00 Å². The zero-order valence-corrected chi connectivity index (χ0v) is 10.9. The molecule has 0 saturated heterocycles. The Kier molecular flexibility index (Phi) is 3.81. The first-order valence-electron chi connectivity index (χ1n) is 5.63. The van der Waals surface area contributed by atoms with E-state index >= 15 is 0 Å². The lowest BCUT2D eigenvalue weighted by atomic mass is 10.1. The van der Waals surface area contributed by atoms with Crippen LogP contribution in [0.1, 0.15) is 12.5 Å². The van der Waals surface area contributed by atoms with Gasteiger partial charge in [-0.15, -0.1) is 0 Å². The summed E-state index contributed by atoms with van der Waals surface area (Å²) in [7, 11) is -0.999. The number of hydrogen-bond donors (Lipinski definition) is 1. The second kappa shape index (κ2) is 5.35. The summed E-state index contributed by atoms with van der Waals surface area (Å²) in [6.45, 7) is 2.05. The van der Waals surface area contributed by atoms with E-state index in [1.807, 2.05) is 37.3 Å². The van der Waals surface area contributed by atoms with Crippen molar-refractivity contribution < 1.29 is 13.7 Å². The van der Waals surface area contributed by atoms with Crippen LogP contribution in [0.2, 0.25) is 0 Å². The Hall–Kier alpha value is -1.62. The summed E-state index contributed by atoms with van der Waals surface area (Å²) in [6.07, 6.45) is 1.25. The van der Waals surface area contributed by atoms with E-state index in [-0.39, 0.29) is 6.61 Å². The van der Waals surface area contributed by atoms with Gasteiger partial charge in [0.1, 0.15) is 6.61 Å². The molecule has 1 heterocycles. The Morgan fingerprint density at radius 1 is 1.44 bits per heavy atom. The fourth-order valence-electron chi connectivity index (χ4n) is 1.69. The second-order valence-electron chi connectivity index (χ2n) is 4.43. The molecule has 2 rings (SSSR count). The van der Waals surface area contributed by atoms with Gasteiger partial charge in [0.2, 0.25) is 0 Å². The van der Waals surface area contributed by atoms with Crippen molar-refractivity contribution in [2.45, 2.75) is 19.1 Å². The number of benzene rings is 1. The molecule has 0 aliphatic carbocycles. The van der Waals surface area contributed by atoms with E-state index in [4.69, 9.17) is 4.74 Å². The molecule has 0 spiro atoms. The number of amides is 1. The average molecular weight is 265 g/mol. The average Bonchev–Trinajstić information content (AvgIpc) is 2.68. The van der Waals surface area contributed by atoms with Gasteiger partial charge < -0.3 is 10.1 Å². The Balaban J connectivity index is 1.83. The fourth-order valence-corrected chi connectivity index (χ4v) is 3.00. The summed E-state index contributed by atoms with van der Waals surface area (Å²) in [5.41, 5.74) is 0.363. The Morgan fingerprint density at radius 3 is 2.78 bits per heavy atom. The minimum Gasteiger partial charge on any atom is -0.445 e. The molecule has 0 fully saturated rings. The standard InChI is InChI=1S/C13H15NO3S/c1-13(7-8-18(16)10-13)14-12(15)17-9-11-5-3-2-4-6-11/h2-8H,9-10H2,1H3,(H,14,15)/t13-,18+/m0/s1. The van der Waals surface area contributed by atoms with Crippen molar-refractivity contribution in [3.05, 3.63) is 47.4 Å². The van der Waals surface area contributed by atoms with Gasteiger partial charge in [-0.05, 0) is 18.6 Å². The zero-order chi connectivity index (χ0) is 13.0. The van der Waals surface area contributed by atoms with Crippen LogP contribution in [-0.2, 0) is 22.1 Å². The molecular formula is C13H15NO3S. The van der Waals surface area contributed by atoms with E-state index < -0.39 is 22.4 Å². The number of ether oxygens (including phenoxy) is 1. The van der Waals surface area contributed by atoms with Crippen LogP contribution in [0.5, 0.6) is 0 Å². The number of hydrogen-bond acceptors (Lipinski definition) is 3. The Morgan fingerprint density at radius 2 is 2.17 bits per heavy atom. The third-order valence-electron chi connectivity index (χ3n) is 2.63. The molecule has 0 saturated carbocycles. The first-order valence-corrected chi connectivity index (χ1v) is 7.01. The van der Waals surface area contributed by atoms with E-state index in [1.165, 1.54) is 0 Å². The van der Waals surface area contributed by atoms with Gasteiger partial charge in [-0.1, -0.05) is 30.3 Å². The Bertz CT molecular complexity index is 486. The summed E-state index contributed by atoms with van der Waals surface area (Å²) >= 11 is 0. The van der Waals surface area contributed by atoms with Crippen LogP contribution in [0.25, 0.3) is 0 Å². The molecule has 1 aromatic rings. The lowest BCUT2D eigenvalue weighted by molar-refractivity contribution is 0.133. The third kappa shape index (κ3) is 3.43. The number of alkyl carbamates (subject to hydrolysis) is 1. The van der Waals surface area contributed by atoms with Gasteiger partial charge in [0, 0.05) is 16.2 Å². The molecule has 1 aliphatic rings. The van der Waals surface area contributed by atoms with Gasteiger partial charge >= 0.3 is 6.09 Å². The molecule has 0 unspecified atom stereocenters. The number of nitrogens with one attached hydrogen (secondary N) is 1. The van der Waals surface area contributed by atoms with Crippen LogP contribution in [0.4, 0.5) is 4.79 Å². The fraction of sp³-hybridized carbons (Fsp3) is 0.308. The molecule has 5 heteroatoms. The summed E-state index contributed by atoms with van der Waals surface area (Å²) in [5.74, 6) is 0.396. The van der Waals surface area contributed by atoms with E-state index in [2.05, 4.69) is 5.32 Å². The van der Waals surface area contributed by atoms with E-state index in [0.29, 0.717) is 5.75 Å². The molecule has 1 aliphatic heterocycles. The number of carbonyl (C=O) groups excluding carboxylic acids is 1. The van der Waals surface area contributed by atoms with Crippen LogP contribution in [0, 0.1) is 0 Å². The van der Waals surface area contributed by atoms with Gasteiger partial charge in [-0.25, -0.2) is 4.79 Å². The monoisotopic (exact) mass is 265 g/mol. The molecule has 0 aromatic heterocycles. The summed E-state index contributed by atoms with van der Waals surface area (Å²) in [6, 6.07) is 9.46. The Labute approximate surface area is 108 Å². The highest BCUT2D eigenvalue weighted by atomic mass is 32.2. The van der Waals surface area contributed by atoms with Crippen molar-refractivity contribution in [3.63, 3.8) is 0 Å². The molecule has 0 radical (unpaired) electrons. The molecular weight excluding hydrogens is 250 g/mol. The number of carbonyl (C=O) groups is 1. The highest BCUT2D eigenvalue weighted by Gasteiger charge is 2.30.